The normalized spacial score (nSPS) is 13.1. The minimum Gasteiger partial charge on any atom is -0.497 e. The van der Waals surface area contributed by atoms with Crippen molar-refractivity contribution in [1.82, 2.24) is 15.6 Å². The Balaban J connectivity index is 1.34. The minimum atomic E-state index is -0.821. The van der Waals surface area contributed by atoms with E-state index in [4.69, 9.17) is 4.74 Å². The van der Waals surface area contributed by atoms with Crippen molar-refractivity contribution in [3.8, 4) is 5.75 Å². The SMILES string of the molecule is COc1ccc(CCC[C@@H](C(=O)N[C@@H](Cc2c[nH]c3ccccc23)C(=O)NCCc2ccccc2)[C@@H](C=O)C/C=C/c2ccccc2)cc1. The van der Waals surface area contributed by atoms with E-state index in [0.717, 1.165) is 51.6 Å². The summed E-state index contributed by atoms with van der Waals surface area (Å²) in [5.74, 6) is -0.916. The summed E-state index contributed by atoms with van der Waals surface area (Å²) in [6.45, 7) is 0.440. The summed E-state index contributed by atoms with van der Waals surface area (Å²) in [5, 5.41) is 7.15. The molecule has 0 radical (unpaired) electrons. The zero-order valence-electron chi connectivity index (χ0n) is 28.0. The first-order chi connectivity index (χ1) is 24.0. The van der Waals surface area contributed by atoms with Gasteiger partial charge in [-0.25, -0.2) is 0 Å². The molecule has 0 aliphatic heterocycles. The van der Waals surface area contributed by atoms with Crippen molar-refractivity contribution < 1.29 is 19.1 Å². The number of para-hydroxylation sites is 1. The topological polar surface area (TPSA) is 100 Å². The molecule has 0 saturated carbocycles. The molecule has 3 atom stereocenters. The Bertz CT molecular complexity index is 1800. The van der Waals surface area contributed by atoms with Crippen LogP contribution in [0.25, 0.3) is 17.0 Å². The molecule has 7 nitrogen and oxygen atoms in total. The molecule has 252 valence electrons. The van der Waals surface area contributed by atoms with Gasteiger partial charge in [0.25, 0.3) is 0 Å². The third-order valence-electron chi connectivity index (χ3n) is 8.97. The highest BCUT2D eigenvalue weighted by atomic mass is 16.5. The van der Waals surface area contributed by atoms with Crippen LogP contribution in [0.3, 0.4) is 0 Å². The lowest BCUT2D eigenvalue weighted by atomic mass is 9.84. The Morgan fingerprint density at radius 3 is 2.24 bits per heavy atom. The Kier molecular flexibility index (Phi) is 13.0. The van der Waals surface area contributed by atoms with Crippen LogP contribution in [0.15, 0.2) is 121 Å². The van der Waals surface area contributed by atoms with Crippen molar-refractivity contribution in [3.63, 3.8) is 0 Å². The standard InChI is InChI=1S/C42H45N3O4/c1-49-36-24-22-33(23-25-36)17-11-20-38(34(30-46)18-10-16-31-12-4-2-5-13-31)41(47)45-40(28-35-29-44-39-21-9-8-19-37(35)39)42(48)43-27-26-32-14-6-3-7-15-32/h2-10,12-16,19,21-25,29-30,34,38,40,44H,11,17-18,20,26-28H2,1H3,(H,43,48)(H,45,47)/b16-10+/t34-,38-,40+/m1/s1. The quantitative estimate of drug-likeness (QED) is 0.0876. The third-order valence-corrected chi connectivity index (χ3v) is 8.97. The molecule has 5 aromatic rings. The highest BCUT2D eigenvalue weighted by molar-refractivity contribution is 5.91. The van der Waals surface area contributed by atoms with E-state index in [1.165, 1.54) is 0 Å². The fourth-order valence-corrected chi connectivity index (χ4v) is 6.20. The van der Waals surface area contributed by atoms with Gasteiger partial charge in [-0.2, -0.15) is 0 Å². The number of amides is 2. The second-order valence-electron chi connectivity index (χ2n) is 12.3. The fraction of sp³-hybridized carbons (Fsp3) is 0.262. The van der Waals surface area contributed by atoms with Crippen LogP contribution in [0.1, 0.15) is 41.5 Å². The number of ether oxygens (including phenoxy) is 1. The molecule has 1 heterocycles. The first kappa shape index (κ1) is 34.9. The van der Waals surface area contributed by atoms with E-state index in [-0.39, 0.29) is 11.8 Å². The number of nitrogens with one attached hydrogen (secondary N) is 3. The van der Waals surface area contributed by atoms with E-state index < -0.39 is 17.9 Å². The molecule has 49 heavy (non-hydrogen) atoms. The Hall–Kier alpha value is -5.43. The Morgan fingerprint density at radius 2 is 1.51 bits per heavy atom. The van der Waals surface area contributed by atoms with Crippen LogP contribution in [0.4, 0.5) is 0 Å². The van der Waals surface area contributed by atoms with Crippen LogP contribution in [0.2, 0.25) is 0 Å². The van der Waals surface area contributed by atoms with E-state index >= 15 is 0 Å². The van der Waals surface area contributed by atoms with Gasteiger partial charge < -0.3 is 25.1 Å². The number of aromatic amines is 1. The van der Waals surface area contributed by atoms with Crippen molar-refractivity contribution >= 4 is 35.1 Å². The lowest BCUT2D eigenvalue weighted by Crippen LogP contribution is -2.51. The molecule has 0 saturated heterocycles. The molecule has 0 unspecified atom stereocenters. The number of aldehydes is 1. The van der Waals surface area contributed by atoms with E-state index in [2.05, 4.69) is 15.6 Å². The average Bonchev–Trinajstić information content (AvgIpc) is 3.55. The Labute approximate surface area is 288 Å². The predicted octanol–water partition coefficient (Wildman–Crippen LogP) is 7.12. The van der Waals surface area contributed by atoms with Crippen LogP contribution < -0.4 is 15.4 Å². The van der Waals surface area contributed by atoms with Crippen LogP contribution in [0, 0.1) is 11.8 Å². The number of benzene rings is 4. The zero-order chi connectivity index (χ0) is 34.3. The largest absolute Gasteiger partial charge is 0.497 e. The molecule has 7 heteroatoms. The number of hydrogen-bond donors (Lipinski definition) is 3. The molecule has 5 rings (SSSR count). The van der Waals surface area contributed by atoms with Crippen LogP contribution in [-0.2, 0) is 33.6 Å². The number of H-pyrrole nitrogens is 1. The van der Waals surface area contributed by atoms with Gasteiger partial charge >= 0.3 is 0 Å². The third kappa shape index (κ3) is 10.3. The van der Waals surface area contributed by atoms with Gasteiger partial charge in [0.05, 0.1) is 7.11 Å². The monoisotopic (exact) mass is 655 g/mol. The highest BCUT2D eigenvalue weighted by Gasteiger charge is 2.31. The molecular formula is C42H45N3O4. The minimum absolute atomic E-state index is 0.252. The molecular weight excluding hydrogens is 610 g/mol. The molecule has 0 aliphatic carbocycles. The van der Waals surface area contributed by atoms with E-state index in [0.29, 0.717) is 38.6 Å². The molecule has 0 aliphatic rings. The van der Waals surface area contributed by atoms with Crippen LogP contribution >= 0.6 is 0 Å². The van der Waals surface area contributed by atoms with E-state index in [1.54, 1.807) is 7.11 Å². The molecule has 1 aromatic heterocycles. The summed E-state index contributed by atoms with van der Waals surface area (Å²) >= 11 is 0. The van der Waals surface area contributed by atoms with Gasteiger partial charge in [-0.3, -0.25) is 9.59 Å². The number of fused-ring (bicyclic) bond motifs is 1. The van der Waals surface area contributed by atoms with Gasteiger partial charge in [0, 0.05) is 41.9 Å². The van der Waals surface area contributed by atoms with Crippen molar-refractivity contribution in [1.29, 1.82) is 0 Å². The molecule has 2 amide bonds. The average molecular weight is 656 g/mol. The molecule has 0 fully saturated rings. The first-order valence-corrected chi connectivity index (χ1v) is 17.0. The summed E-state index contributed by atoms with van der Waals surface area (Å²) in [7, 11) is 1.64. The summed E-state index contributed by atoms with van der Waals surface area (Å²) < 4.78 is 5.29. The second kappa shape index (κ2) is 18.2. The highest BCUT2D eigenvalue weighted by Crippen LogP contribution is 2.25. The van der Waals surface area contributed by atoms with Crippen molar-refractivity contribution in [2.45, 2.75) is 44.6 Å². The lowest BCUT2D eigenvalue weighted by Gasteiger charge is -2.25. The van der Waals surface area contributed by atoms with Crippen LogP contribution in [-0.4, -0.2) is 42.8 Å². The number of rotatable bonds is 18. The summed E-state index contributed by atoms with van der Waals surface area (Å²) in [6.07, 6.45) is 10.1. The number of hydrogen-bond acceptors (Lipinski definition) is 4. The molecule has 4 aromatic carbocycles. The number of aromatic nitrogens is 1. The van der Waals surface area contributed by atoms with Crippen LogP contribution in [0.5, 0.6) is 5.75 Å². The first-order valence-electron chi connectivity index (χ1n) is 17.0. The zero-order valence-corrected chi connectivity index (χ0v) is 28.0. The second-order valence-corrected chi connectivity index (χ2v) is 12.3. The number of allylic oxidation sites excluding steroid dienone is 1. The van der Waals surface area contributed by atoms with Gasteiger partial charge in [0.2, 0.25) is 11.8 Å². The summed E-state index contributed by atoms with van der Waals surface area (Å²) in [4.78, 5) is 43.8. The van der Waals surface area contributed by atoms with Gasteiger partial charge in [0.1, 0.15) is 18.1 Å². The van der Waals surface area contributed by atoms with Crippen molar-refractivity contribution in [3.05, 3.63) is 144 Å². The molecule has 3 N–H and O–H groups in total. The summed E-state index contributed by atoms with van der Waals surface area (Å²) in [5.41, 5.74) is 5.18. The molecule has 0 spiro atoms. The van der Waals surface area contributed by atoms with Gasteiger partial charge in [-0.1, -0.05) is 103 Å². The number of carbonyl (C=O) groups is 3. The van der Waals surface area contributed by atoms with Crippen molar-refractivity contribution in [2.75, 3.05) is 13.7 Å². The number of carbonyl (C=O) groups excluding carboxylic acids is 3. The maximum atomic E-state index is 14.2. The van der Waals surface area contributed by atoms with Gasteiger partial charge in [0.15, 0.2) is 0 Å². The summed E-state index contributed by atoms with van der Waals surface area (Å²) in [6, 6.07) is 34.8. The Morgan fingerprint density at radius 1 is 0.816 bits per heavy atom. The van der Waals surface area contributed by atoms with Gasteiger partial charge in [-0.05, 0) is 72.6 Å². The van der Waals surface area contributed by atoms with Crippen molar-refractivity contribution in [2.24, 2.45) is 11.8 Å². The predicted molar refractivity (Wildman–Crippen MR) is 196 cm³/mol. The maximum Gasteiger partial charge on any atom is 0.242 e. The number of aryl methyl sites for hydroxylation is 1. The number of methoxy groups -OCH3 is 1. The molecule has 0 bridgehead atoms. The van der Waals surface area contributed by atoms with Gasteiger partial charge in [-0.15, -0.1) is 0 Å². The smallest absolute Gasteiger partial charge is 0.242 e. The van der Waals surface area contributed by atoms with E-state index in [1.807, 2.05) is 128 Å². The fourth-order valence-electron chi connectivity index (χ4n) is 6.20. The van der Waals surface area contributed by atoms with E-state index in [9.17, 15) is 14.4 Å². The maximum absolute atomic E-state index is 14.2. The lowest BCUT2D eigenvalue weighted by molar-refractivity contribution is -0.133.